The van der Waals surface area contributed by atoms with Gasteiger partial charge in [-0.1, -0.05) is 20.8 Å². The third kappa shape index (κ3) is 3.61. The molecule has 2 aromatic rings. The van der Waals surface area contributed by atoms with Crippen molar-refractivity contribution < 1.29 is 19.0 Å². The minimum Gasteiger partial charge on any atom is -0.493 e. The van der Waals surface area contributed by atoms with Crippen LogP contribution in [0.5, 0.6) is 17.2 Å². The summed E-state index contributed by atoms with van der Waals surface area (Å²) in [5.41, 5.74) is 1.23. The van der Waals surface area contributed by atoms with Gasteiger partial charge in [0.25, 0.3) is 5.91 Å². The second-order valence-corrected chi connectivity index (χ2v) is 6.28. The number of methoxy groups -OCH3 is 3. The highest BCUT2D eigenvalue weighted by molar-refractivity contribution is 6.04. The molecule has 0 bridgehead atoms. The molecular weight excluding hydrogens is 310 g/mol. The number of H-pyrrole nitrogens is 1. The Morgan fingerprint density at radius 1 is 1.04 bits per heavy atom. The first-order chi connectivity index (χ1) is 11.3. The Morgan fingerprint density at radius 3 is 2.04 bits per heavy atom. The Bertz CT molecular complexity index is 707. The molecule has 0 aliphatic carbocycles. The monoisotopic (exact) mass is 333 g/mol. The highest BCUT2D eigenvalue weighted by atomic mass is 16.5. The molecule has 2 N–H and O–H groups in total. The van der Waals surface area contributed by atoms with Gasteiger partial charge in [0, 0.05) is 22.7 Å². The first-order valence-electron chi connectivity index (χ1n) is 7.47. The number of hydrogen-bond acceptors (Lipinski definition) is 5. The van der Waals surface area contributed by atoms with Crippen molar-refractivity contribution in [3.63, 3.8) is 0 Å². The summed E-state index contributed by atoms with van der Waals surface area (Å²) in [6.07, 6.45) is 0. The van der Waals surface area contributed by atoms with Crippen LogP contribution in [0, 0.1) is 0 Å². The lowest BCUT2D eigenvalue weighted by atomic mass is 9.92. The van der Waals surface area contributed by atoms with Crippen LogP contribution in [0.4, 0.5) is 5.82 Å². The Kier molecular flexibility index (Phi) is 5.02. The number of carbonyl (C=O) groups is 1. The molecule has 1 heterocycles. The van der Waals surface area contributed by atoms with Gasteiger partial charge in [-0.25, -0.2) is 0 Å². The van der Waals surface area contributed by atoms with Crippen LogP contribution in [-0.4, -0.2) is 37.4 Å². The molecule has 0 aliphatic heterocycles. The van der Waals surface area contributed by atoms with E-state index in [2.05, 4.69) is 36.3 Å². The minimum atomic E-state index is -0.318. The first-order valence-corrected chi connectivity index (χ1v) is 7.47. The maximum absolute atomic E-state index is 12.5. The second-order valence-electron chi connectivity index (χ2n) is 6.28. The van der Waals surface area contributed by atoms with Crippen LogP contribution in [0.1, 0.15) is 36.8 Å². The van der Waals surface area contributed by atoms with Gasteiger partial charge in [0.15, 0.2) is 17.3 Å². The number of nitrogens with one attached hydrogen (secondary N) is 2. The molecule has 1 aromatic carbocycles. The van der Waals surface area contributed by atoms with Crippen molar-refractivity contribution in [1.29, 1.82) is 0 Å². The molecule has 0 atom stereocenters. The molecule has 0 fully saturated rings. The highest BCUT2D eigenvalue weighted by Crippen LogP contribution is 2.38. The number of aromatic nitrogens is 2. The summed E-state index contributed by atoms with van der Waals surface area (Å²) in [7, 11) is 4.52. The zero-order chi connectivity index (χ0) is 17.9. The number of nitrogens with zero attached hydrogens (tertiary/aromatic N) is 1. The van der Waals surface area contributed by atoms with Crippen molar-refractivity contribution in [2.24, 2.45) is 0 Å². The molecule has 1 aromatic heterocycles. The Hall–Kier alpha value is -2.70. The third-order valence-electron chi connectivity index (χ3n) is 3.55. The molecule has 0 spiro atoms. The van der Waals surface area contributed by atoms with Crippen LogP contribution < -0.4 is 19.5 Å². The molecule has 0 saturated carbocycles. The van der Waals surface area contributed by atoms with E-state index in [4.69, 9.17) is 14.2 Å². The van der Waals surface area contributed by atoms with E-state index >= 15 is 0 Å². The van der Waals surface area contributed by atoms with Crippen LogP contribution in [0.2, 0.25) is 0 Å². The van der Waals surface area contributed by atoms with Gasteiger partial charge in [0.2, 0.25) is 5.75 Å². The smallest absolute Gasteiger partial charge is 0.257 e. The maximum Gasteiger partial charge on any atom is 0.257 e. The zero-order valence-electron chi connectivity index (χ0n) is 14.8. The van der Waals surface area contributed by atoms with Gasteiger partial charge in [0.1, 0.15) is 0 Å². The molecule has 2 rings (SSSR count). The Morgan fingerprint density at radius 2 is 1.62 bits per heavy atom. The fourth-order valence-electron chi connectivity index (χ4n) is 2.17. The molecule has 7 nitrogen and oxygen atoms in total. The van der Waals surface area contributed by atoms with Crippen molar-refractivity contribution in [2.75, 3.05) is 26.6 Å². The van der Waals surface area contributed by atoms with E-state index < -0.39 is 0 Å². The van der Waals surface area contributed by atoms with E-state index in [-0.39, 0.29) is 11.3 Å². The standard InChI is InChI=1S/C17H23N3O4/c1-17(2,3)13-9-14(20-19-13)18-16(21)10-7-11(22-4)15(24-6)12(8-10)23-5/h7-9H,1-6H3,(H2,18,19,20,21). The summed E-state index contributed by atoms with van der Waals surface area (Å²) in [6, 6.07) is 5.00. The molecular formula is C17H23N3O4. The lowest BCUT2D eigenvalue weighted by Gasteiger charge is -2.14. The molecule has 0 saturated heterocycles. The van der Waals surface area contributed by atoms with E-state index in [1.165, 1.54) is 21.3 Å². The molecule has 0 radical (unpaired) electrons. The Labute approximate surface area is 141 Å². The average molecular weight is 333 g/mol. The van der Waals surface area contributed by atoms with Crippen molar-refractivity contribution in [1.82, 2.24) is 10.2 Å². The predicted octanol–water partition coefficient (Wildman–Crippen LogP) is 2.99. The summed E-state index contributed by atoms with van der Waals surface area (Å²) in [4.78, 5) is 12.5. The van der Waals surface area contributed by atoms with Gasteiger partial charge in [-0.3, -0.25) is 9.89 Å². The zero-order valence-corrected chi connectivity index (χ0v) is 14.8. The number of ether oxygens (including phenoxy) is 3. The fourth-order valence-corrected chi connectivity index (χ4v) is 2.17. The number of anilines is 1. The van der Waals surface area contributed by atoms with Gasteiger partial charge in [-0.05, 0) is 12.1 Å². The Balaban J connectivity index is 2.28. The van der Waals surface area contributed by atoms with Crippen LogP contribution in [0.15, 0.2) is 18.2 Å². The number of carbonyl (C=O) groups excluding carboxylic acids is 1. The van der Waals surface area contributed by atoms with Crippen molar-refractivity contribution in [3.05, 3.63) is 29.5 Å². The predicted molar refractivity (Wildman–Crippen MR) is 91.3 cm³/mol. The second kappa shape index (κ2) is 6.82. The summed E-state index contributed by atoms with van der Waals surface area (Å²) in [6.45, 7) is 6.18. The van der Waals surface area contributed by atoms with E-state index in [1.807, 2.05) is 6.07 Å². The van der Waals surface area contributed by atoms with Crippen LogP contribution in [0.3, 0.4) is 0 Å². The maximum atomic E-state index is 12.5. The fraction of sp³-hybridized carbons (Fsp3) is 0.412. The summed E-state index contributed by atoms with van der Waals surface area (Å²) < 4.78 is 15.8. The molecule has 7 heteroatoms. The number of hydrogen-bond donors (Lipinski definition) is 2. The topological polar surface area (TPSA) is 85.5 Å². The van der Waals surface area contributed by atoms with E-state index in [0.717, 1.165) is 5.69 Å². The van der Waals surface area contributed by atoms with Crippen LogP contribution >= 0.6 is 0 Å². The van der Waals surface area contributed by atoms with Crippen LogP contribution in [-0.2, 0) is 5.41 Å². The number of rotatable bonds is 5. The molecule has 1 amide bonds. The quantitative estimate of drug-likeness (QED) is 0.878. The van der Waals surface area contributed by atoms with E-state index in [0.29, 0.717) is 28.6 Å². The van der Waals surface area contributed by atoms with E-state index in [1.54, 1.807) is 12.1 Å². The molecule has 0 unspecified atom stereocenters. The number of aromatic amines is 1. The van der Waals surface area contributed by atoms with Crippen molar-refractivity contribution >= 4 is 11.7 Å². The van der Waals surface area contributed by atoms with Crippen molar-refractivity contribution in [3.8, 4) is 17.2 Å². The van der Waals surface area contributed by atoms with Gasteiger partial charge < -0.3 is 19.5 Å². The lowest BCUT2D eigenvalue weighted by molar-refractivity contribution is 0.102. The first kappa shape index (κ1) is 17.7. The summed E-state index contributed by atoms with van der Waals surface area (Å²) in [5.74, 6) is 1.41. The van der Waals surface area contributed by atoms with Gasteiger partial charge >= 0.3 is 0 Å². The largest absolute Gasteiger partial charge is 0.493 e. The van der Waals surface area contributed by atoms with Crippen LogP contribution in [0.25, 0.3) is 0 Å². The van der Waals surface area contributed by atoms with Gasteiger partial charge in [0.05, 0.1) is 21.3 Å². The molecule has 0 aliphatic rings. The van der Waals surface area contributed by atoms with Gasteiger partial charge in [-0.2, -0.15) is 5.10 Å². The highest BCUT2D eigenvalue weighted by Gasteiger charge is 2.20. The lowest BCUT2D eigenvalue weighted by Crippen LogP contribution is -2.13. The number of benzene rings is 1. The SMILES string of the molecule is COc1cc(C(=O)Nc2cc(C(C)(C)C)[nH]n2)cc(OC)c1OC. The van der Waals surface area contributed by atoms with Crippen molar-refractivity contribution in [2.45, 2.75) is 26.2 Å². The number of amides is 1. The summed E-state index contributed by atoms with van der Waals surface area (Å²) in [5, 5.41) is 9.81. The van der Waals surface area contributed by atoms with Gasteiger partial charge in [-0.15, -0.1) is 0 Å². The average Bonchev–Trinajstić information content (AvgIpc) is 3.01. The van der Waals surface area contributed by atoms with E-state index in [9.17, 15) is 4.79 Å². The minimum absolute atomic E-state index is 0.0808. The third-order valence-corrected chi connectivity index (χ3v) is 3.55. The molecule has 130 valence electrons. The summed E-state index contributed by atoms with van der Waals surface area (Å²) >= 11 is 0. The normalized spacial score (nSPS) is 11.1. The molecule has 24 heavy (non-hydrogen) atoms.